The molecule has 3 rings (SSSR count). The van der Waals surface area contributed by atoms with Gasteiger partial charge >= 0.3 is 12.1 Å². The van der Waals surface area contributed by atoms with Gasteiger partial charge in [0.05, 0.1) is 12.2 Å². The molecular weight excluding hydrogens is 488 g/mol. The number of nitrogens with zero attached hydrogens (tertiary/aromatic N) is 3. The molecule has 1 aliphatic heterocycles. The standard InChI is InChI=1S/C20H19F6N5O4/c21-11-6-13(23)12(22)4-9(11)3-10(27)5-15(32)30-1-2-31-14(8-30)17(18(35)28-7-16(33)34)29-19(31)20(24,25)26/h4,6,10H,1-3,5,7-8,27H2,(H,28,35)(H,33,34)/t10-/m1/s1. The van der Waals surface area contributed by atoms with Crippen molar-refractivity contribution >= 4 is 17.8 Å². The van der Waals surface area contributed by atoms with E-state index in [4.69, 9.17) is 10.8 Å². The molecule has 35 heavy (non-hydrogen) atoms. The Kier molecular flexibility index (Phi) is 7.38. The zero-order chi connectivity index (χ0) is 26.1. The number of aliphatic carboxylic acids is 1. The molecule has 0 radical (unpaired) electrons. The van der Waals surface area contributed by atoms with E-state index < -0.39 is 78.5 Å². The average molecular weight is 507 g/mol. The molecule has 0 saturated heterocycles. The number of nitrogens with two attached hydrogens (primary N) is 1. The molecule has 0 aliphatic carbocycles. The first-order valence-electron chi connectivity index (χ1n) is 10.1. The van der Waals surface area contributed by atoms with Gasteiger partial charge in [0.1, 0.15) is 12.4 Å². The van der Waals surface area contributed by atoms with Gasteiger partial charge in [-0.15, -0.1) is 0 Å². The van der Waals surface area contributed by atoms with Crippen molar-refractivity contribution in [2.45, 2.75) is 38.1 Å². The minimum Gasteiger partial charge on any atom is -0.480 e. The quantitative estimate of drug-likeness (QED) is 0.384. The van der Waals surface area contributed by atoms with Crippen molar-refractivity contribution in [1.82, 2.24) is 19.8 Å². The molecule has 1 atom stereocenters. The Balaban J connectivity index is 1.76. The second-order valence-corrected chi connectivity index (χ2v) is 7.80. The molecule has 2 amide bonds. The Morgan fingerprint density at radius 1 is 1.11 bits per heavy atom. The van der Waals surface area contributed by atoms with Crippen LogP contribution in [0.15, 0.2) is 12.1 Å². The number of carbonyl (C=O) groups is 3. The number of nitrogens with one attached hydrogen (secondary N) is 1. The van der Waals surface area contributed by atoms with Crippen LogP contribution in [0.4, 0.5) is 26.3 Å². The molecule has 1 aliphatic rings. The fraction of sp³-hybridized carbons (Fsp3) is 0.400. The fourth-order valence-corrected chi connectivity index (χ4v) is 3.65. The van der Waals surface area contributed by atoms with Gasteiger partial charge in [0.2, 0.25) is 11.7 Å². The van der Waals surface area contributed by atoms with Gasteiger partial charge < -0.3 is 25.6 Å². The van der Waals surface area contributed by atoms with Crippen molar-refractivity contribution in [2.75, 3.05) is 13.1 Å². The van der Waals surface area contributed by atoms with E-state index in [9.17, 15) is 40.7 Å². The summed E-state index contributed by atoms with van der Waals surface area (Å²) in [6.07, 6.45) is -5.63. The summed E-state index contributed by atoms with van der Waals surface area (Å²) in [5, 5.41) is 10.6. The highest BCUT2D eigenvalue weighted by atomic mass is 19.4. The van der Waals surface area contributed by atoms with E-state index in [2.05, 4.69) is 4.98 Å². The van der Waals surface area contributed by atoms with Crippen molar-refractivity contribution < 1.29 is 45.8 Å². The number of hydrogen-bond donors (Lipinski definition) is 3. The summed E-state index contributed by atoms with van der Waals surface area (Å²) in [6, 6.07) is -0.0623. The summed E-state index contributed by atoms with van der Waals surface area (Å²) in [5.41, 5.74) is 4.67. The smallest absolute Gasteiger partial charge is 0.449 e. The van der Waals surface area contributed by atoms with Gasteiger partial charge in [-0.05, 0) is 18.1 Å². The van der Waals surface area contributed by atoms with Crippen LogP contribution >= 0.6 is 0 Å². The van der Waals surface area contributed by atoms with E-state index in [1.807, 2.05) is 5.32 Å². The van der Waals surface area contributed by atoms with Gasteiger partial charge in [-0.25, -0.2) is 18.2 Å². The number of carboxylic acids is 1. The summed E-state index contributed by atoms with van der Waals surface area (Å²) in [7, 11) is 0. The molecule has 2 heterocycles. The lowest BCUT2D eigenvalue weighted by molar-refractivity contribution is -0.148. The Morgan fingerprint density at radius 2 is 1.77 bits per heavy atom. The number of alkyl halides is 3. The number of carboxylic acid groups (broad SMARTS) is 1. The first-order chi connectivity index (χ1) is 16.3. The molecule has 1 aromatic carbocycles. The van der Waals surface area contributed by atoms with Crippen molar-refractivity contribution in [2.24, 2.45) is 5.73 Å². The molecule has 190 valence electrons. The van der Waals surface area contributed by atoms with Crippen LogP contribution in [-0.2, 0) is 35.3 Å². The van der Waals surface area contributed by atoms with E-state index >= 15 is 0 Å². The molecule has 0 fully saturated rings. The third-order valence-corrected chi connectivity index (χ3v) is 5.24. The number of halogens is 6. The van der Waals surface area contributed by atoms with Crippen LogP contribution in [0.5, 0.6) is 0 Å². The minimum absolute atomic E-state index is 0.187. The van der Waals surface area contributed by atoms with Crippen LogP contribution in [-0.4, -0.2) is 56.5 Å². The average Bonchev–Trinajstić information content (AvgIpc) is 3.15. The molecule has 0 bridgehead atoms. The highest BCUT2D eigenvalue weighted by Gasteiger charge is 2.41. The monoisotopic (exact) mass is 507 g/mol. The topological polar surface area (TPSA) is 131 Å². The Hall–Kier alpha value is -3.62. The van der Waals surface area contributed by atoms with Gasteiger partial charge in [-0.2, -0.15) is 13.2 Å². The van der Waals surface area contributed by atoms with Crippen LogP contribution < -0.4 is 11.1 Å². The molecule has 2 aromatic rings. The third kappa shape index (κ3) is 5.90. The lowest BCUT2D eigenvalue weighted by Gasteiger charge is -2.30. The van der Waals surface area contributed by atoms with E-state index in [0.29, 0.717) is 12.1 Å². The Bertz CT molecular complexity index is 1170. The fourth-order valence-electron chi connectivity index (χ4n) is 3.65. The molecule has 0 spiro atoms. The minimum atomic E-state index is -4.91. The van der Waals surface area contributed by atoms with Crippen LogP contribution in [0.2, 0.25) is 0 Å². The van der Waals surface area contributed by atoms with Crippen LogP contribution in [0.1, 0.15) is 34.0 Å². The van der Waals surface area contributed by atoms with Gasteiger partial charge in [-0.3, -0.25) is 14.4 Å². The predicted octanol–water partition coefficient (Wildman–Crippen LogP) is 1.44. The second-order valence-electron chi connectivity index (χ2n) is 7.80. The van der Waals surface area contributed by atoms with Gasteiger partial charge in [-0.1, -0.05) is 0 Å². The van der Waals surface area contributed by atoms with E-state index in [1.54, 1.807) is 0 Å². The summed E-state index contributed by atoms with van der Waals surface area (Å²) in [4.78, 5) is 40.1. The number of aromatic nitrogens is 2. The number of carbonyl (C=O) groups excluding carboxylic acids is 2. The van der Waals surface area contributed by atoms with Gasteiger partial charge in [0, 0.05) is 31.6 Å². The summed E-state index contributed by atoms with van der Waals surface area (Å²) in [5.74, 6) is -8.33. The lowest BCUT2D eigenvalue weighted by Crippen LogP contribution is -2.42. The first kappa shape index (κ1) is 26.0. The Labute approximate surface area is 193 Å². The number of fused-ring (bicyclic) bond motifs is 1. The van der Waals surface area contributed by atoms with E-state index in [-0.39, 0.29) is 30.8 Å². The predicted molar refractivity (Wildman–Crippen MR) is 105 cm³/mol. The number of amides is 2. The van der Waals surface area contributed by atoms with Crippen molar-refractivity contribution in [3.63, 3.8) is 0 Å². The normalized spacial score (nSPS) is 14.4. The Morgan fingerprint density at radius 3 is 2.40 bits per heavy atom. The zero-order valence-electron chi connectivity index (χ0n) is 17.8. The van der Waals surface area contributed by atoms with Gasteiger partial charge in [0.25, 0.3) is 5.91 Å². The lowest BCUT2D eigenvalue weighted by atomic mass is 10.0. The summed E-state index contributed by atoms with van der Waals surface area (Å²) >= 11 is 0. The molecule has 0 unspecified atom stereocenters. The summed E-state index contributed by atoms with van der Waals surface area (Å²) in [6.45, 7) is -1.86. The SMILES string of the molecule is N[C@@H](CC(=O)N1CCn2c(C(F)(F)F)nc(C(=O)NCC(=O)O)c2C1)Cc1cc(F)c(F)cc1F. The number of benzene rings is 1. The van der Waals surface area contributed by atoms with Crippen LogP contribution in [0.3, 0.4) is 0 Å². The number of rotatable bonds is 7. The summed E-state index contributed by atoms with van der Waals surface area (Å²) < 4.78 is 81.2. The zero-order valence-corrected chi connectivity index (χ0v) is 17.8. The highest BCUT2D eigenvalue weighted by molar-refractivity contribution is 5.95. The molecule has 1 aromatic heterocycles. The van der Waals surface area contributed by atoms with Gasteiger partial charge in [0.15, 0.2) is 17.3 Å². The maximum Gasteiger partial charge on any atom is 0.449 e. The second kappa shape index (κ2) is 9.93. The number of imidazole rings is 1. The van der Waals surface area contributed by atoms with Crippen LogP contribution in [0, 0.1) is 17.5 Å². The maximum atomic E-state index is 13.8. The molecule has 0 saturated carbocycles. The van der Waals surface area contributed by atoms with Crippen molar-refractivity contribution in [3.8, 4) is 0 Å². The molecule has 15 heteroatoms. The first-order valence-corrected chi connectivity index (χ1v) is 10.1. The van der Waals surface area contributed by atoms with E-state index in [0.717, 1.165) is 9.47 Å². The molecule has 9 nitrogen and oxygen atoms in total. The van der Waals surface area contributed by atoms with Crippen molar-refractivity contribution in [1.29, 1.82) is 0 Å². The largest absolute Gasteiger partial charge is 0.480 e. The van der Waals surface area contributed by atoms with E-state index in [1.165, 1.54) is 0 Å². The maximum absolute atomic E-state index is 13.8. The molecule has 4 N–H and O–H groups in total. The van der Waals surface area contributed by atoms with Crippen LogP contribution in [0.25, 0.3) is 0 Å². The number of hydrogen-bond acceptors (Lipinski definition) is 5. The third-order valence-electron chi connectivity index (χ3n) is 5.24. The molecular formula is C20H19F6N5O4. The van der Waals surface area contributed by atoms with Crippen molar-refractivity contribution in [3.05, 3.63) is 52.4 Å². The highest BCUT2D eigenvalue weighted by Crippen LogP contribution is 2.32.